The first-order chi connectivity index (χ1) is 10.7. The number of carbonyl (C=O) groups excluding carboxylic acids is 1. The monoisotopic (exact) mass is 322 g/mol. The molecule has 1 aliphatic carbocycles. The SMILES string of the molecule is Cc1cn(C2CC(O)CCC2NC(=O)OC(C)(C)C)ccc1=O. The predicted molar refractivity (Wildman–Crippen MR) is 87.5 cm³/mol. The van der Waals surface area contributed by atoms with E-state index >= 15 is 0 Å². The summed E-state index contributed by atoms with van der Waals surface area (Å²) in [6, 6.07) is 1.27. The van der Waals surface area contributed by atoms with Gasteiger partial charge in [-0.05, 0) is 47.0 Å². The molecule has 1 amide bonds. The molecule has 0 spiro atoms. The van der Waals surface area contributed by atoms with Crippen LogP contribution >= 0.6 is 0 Å². The van der Waals surface area contributed by atoms with Gasteiger partial charge in [-0.15, -0.1) is 0 Å². The van der Waals surface area contributed by atoms with Gasteiger partial charge in [0, 0.05) is 24.0 Å². The van der Waals surface area contributed by atoms with Crippen molar-refractivity contribution in [1.82, 2.24) is 9.88 Å². The first-order valence-corrected chi connectivity index (χ1v) is 8.01. The molecule has 0 aromatic carbocycles. The zero-order valence-electron chi connectivity index (χ0n) is 14.2. The van der Waals surface area contributed by atoms with Gasteiger partial charge in [0.25, 0.3) is 0 Å². The minimum Gasteiger partial charge on any atom is -0.444 e. The van der Waals surface area contributed by atoms with Gasteiger partial charge in [0.2, 0.25) is 0 Å². The first kappa shape index (κ1) is 17.5. The van der Waals surface area contributed by atoms with E-state index in [0.29, 0.717) is 24.8 Å². The van der Waals surface area contributed by atoms with E-state index in [1.165, 1.54) is 6.07 Å². The Hall–Kier alpha value is -1.82. The number of hydrogen-bond acceptors (Lipinski definition) is 4. The number of nitrogens with one attached hydrogen (secondary N) is 1. The molecule has 0 aliphatic heterocycles. The van der Waals surface area contributed by atoms with Crippen LogP contribution < -0.4 is 10.7 Å². The van der Waals surface area contributed by atoms with Gasteiger partial charge < -0.3 is 19.7 Å². The molecule has 128 valence electrons. The fourth-order valence-electron chi connectivity index (χ4n) is 2.90. The molecule has 1 fully saturated rings. The van der Waals surface area contributed by atoms with Crippen molar-refractivity contribution < 1.29 is 14.6 Å². The van der Waals surface area contributed by atoms with Crippen LogP contribution in [0.5, 0.6) is 0 Å². The van der Waals surface area contributed by atoms with E-state index in [-0.39, 0.29) is 17.5 Å². The van der Waals surface area contributed by atoms with E-state index in [1.807, 2.05) is 25.3 Å². The maximum Gasteiger partial charge on any atom is 0.407 e. The minimum absolute atomic E-state index is 0.0192. The van der Waals surface area contributed by atoms with Gasteiger partial charge in [-0.1, -0.05) is 0 Å². The number of aliphatic hydroxyl groups is 1. The van der Waals surface area contributed by atoms with E-state index in [1.54, 1.807) is 19.3 Å². The molecule has 1 aromatic rings. The Morgan fingerprint density at radius 2 is 2.09 bits per heavy atom. The number of hydrogen-bond donors (Lipinski definition) is 2. The number of nitrogens with zero attached hydrogens (tertiary/aromatic N) is 1. The van der Waals surface area contributed by atoms with Crippen molar-refractivity contribution in [2.24, 2.45) is 0 Å². The molecule has 23 heavy (non-hydrogen) atoms. The highest BCUT2D eigenvalue weighted by Crippen LogP contribution is 2.29. The normalized spacial score (nSPS) is 25.0. The summed E-state index contributed by atoms with van der Waals surface area (Å²) in [5.74, 6) is 0. The fourth-order valence-corrected chi connectivity index (χ4v) is 2.90. The third-order valence-electron chi connectivity index (χ3n) is 4.00. The molecule has 2 N–H and O–H groups in total. The summed E-state index contributed by atoms with van der Waals surface area (Å²) in [6.45, 7) is 7.22. The summed E-state index contributed by atoms with van der Waals surface area (Å²) in [7, 11) is 0. The Labute approximate surface area is 136 Å². The smallest absolute Gasteiger partial charge is 0.407 e. The molecule has 0 radical (unpaired) electrons. The molecule has 3 unspecified atom stereocenters. The third-order valence-corrected chi connectivity index (χ3v) is 4.00. The topological polar surface area (TPSA) is 80.6 Å². The van der Waals surface area contributed by atoms with Crippen LogP contribution in [0.4, 0.5) is 4.79 Å². The second-order valence-electron chi connectivity index (χ2n) is 7.23. The van der Waals surface area contributed by atoms with E-state index in [2.05, 4.69) is 5.32 Å². The third kappa shape index (κ3) is 4.82. The van der Waals surface area contributed by atoms with Crippen LogP contribution in [0.3, 0.4) is 0 Å². The van der Waals surface area contributed by atoms with Gasteiger partial charge in [-0.3, -0.25) is 4.79 Å². The molecule has 0 saturated heterocycles. The summed E-state index contributed by atoms with van der Waals surface area (Å²) in [6.07, 6.45) is 4.45. The zero-order chi connectivity index (χ0) is 17.2. The Bertz CT molecular complexity index is 618. The van der Waals surface area contributed by atoms with E-state index < -0.39 is 17.8 Å². The maximum absolute atomic E-state index is 12.1. The van der Waals surface area contributed by atoms with Crippen molar-refractivity contribution in [3.05, 3.63) is 34.2 Å². The van der Waals surface area contributed by atoms with Crippen molar-refractivity contribution in [3.63, 3.8) is 0 Å². The highest BCUT2D eigenvalue weighted by molar-refractivity contribution is 5.68. The van der Waals surface area contributed by atoms with Crippen molar-refractivity contribution >= 4 is 6.09 Å². The average Bonchev–Trinajstić information content (AvgIpc) is 2.42. The highest BCUT2D eigenvalue weighted by atomic mass is 16.6. The Morgan fingerprint density at radius 3 is 2.70 bits per heavy atom. The maximum atomic E-state index is 12.1. The average molecular weight is 322 g/mol. The number of aryl methyl sites for hydroxylation is 1. The lowest BCUT2D eigenvalue weighted by atomic mass is 9.88. The second kappa shape index (κ2) is 6.74. The molecule has 6 nitrogen and oxygen atoms in total. The van der Waals surface area contributed by atoms with Crippen molar-refractivity contribution in [1.29, 1.82) is 0 Å². The van der Waals surface area contributed by atoms with Gasteiger partial charge in [0.05, 0.1) is 18.2 Å². The van der Waals surface area contributed by atoms with E-state index in [9.17, 15) is 14.7 Å². The summed E-state index contributed by atoms with van der Waals surface area (Å²) in [5.41, 5.74) is 0.0691. The number of aliphatic hydroxyl groups excluding tert-OH is 1. The fraction of sp³-hybridized carbons (Fsp3) is 0.647. The lowest BCUT2D eigenvalue weighted by Crippen LogP contribution is -2.47. The van der Waals surface area contributed by atoms with Gasteiger partial charge in [-0.2, -0.15) is 0 Å². The minimum atomic E-state index is -0.554. The van der Waals surface area contributed by atoms with Gasteiger partial charge in [-0.25, -0.2) is 4.79 Å². The van der Waals surface area contributed by atoms with Gasteiger partial charge in [0.15, 0.2) is 5.43 Å². The Balaban J connectivity index is 2.17. The van der Waals surface area contributed by atoms with E-state index in [4.69, 9.17) is 4.74 Å². The van der Waals surface area contributed by atoms with Gasteiger partial charge in [0.1, 0.15) is 5.60 Å². The van der Waals surface area contributed by atoms with E-state index in [0.717, 1.165) is 0 Å². The van der Waals surface area contributed by atoms with Crippen molar-refractivity contribution in [3.8, 4) is 0 Å². The molecular formula is C17H26N2O4. The Morgan fingerprint density at radius 1 is 1.39 bits per heavy atom. The van der Waals surface area contributed by atoms with Crippen LogP contribution in [-0.2, 0) is 4.74 Å². The molecule has 1 aliphatic rings. The first-order valence-electron chi connectivity index (χ1n) is 8.01. The number of ether oxygens (including phenoxy) is 1. The molecular weight excluding hydrogens is 296 g/mol. The standard InChI is InChI=1S/C17H26N2O4/c1-11-10-19(8-7-15(11)21)14-9-12(20)5-6-13(14)18-16(22)23-17(2,3)4/h7-8,10,12-14,20H,5-6,9H2,1-4H3,(H,18,22). The van der Waals surface area contributed by atoms with Crippen LogP contribution in [0.25, 0.3) is 0 Å². The van der Waals surface area contributed by atoms with Crippen LogP contribution in [0, 0.1) is 6.92 Å². The number of aromatic nitrogens is 1. The zero-order valence-corrected chi connectivity index (χ0v) is 14.2. The molecule has 1 saturated carbocycles. The molecule has 0 bridgehead atoms. The molecule has 1 heterocycles. The largest absolute Gasteiger partial charge is 0.444 e. The lowest BCUT2D eigenvalue weighted by Gasteiger charge is -2.36. The molecule has 1 aromatic heterocycles. The van der Waals surface area contributed by atoms with Gasteiger partial charge >= 0.3 is 6.09 Å². The second-order valence-corrected chi connectivity index (χ2v) is 7.23. The summed E-state index contributed by atoms with van der Waals surface area (Å²) in [4.78, 5) is 23.6. The lowest BCUT2D eigenvalue weighted by molar-refractivity contribution is 0.0397. The summed E-state index contributed by atoms with van der Waals surface area (Å²) < 4.78 is 7.23. The summed E-state index contributed by atoms with van der Waals surface area (Å²) in [5, 5.41) is 12.9. The highest BCUT2D eigenvalue weighted by Gasteiger charge is 2.32. The quantitative estimate of drug-likeness (QED) is 0.874. The van der Waals surface area contributed by atoms with Crippen LogP contribution in [0.1, 0.15) is 51.6 Å². The predicted octanol–water partition coefficient (Wildman–Crippen LogP) is 2.14. The van der Waals surface area contributed by atoms with Crippen molar-refractivity contribution in [2.45, 2.75) is 70.7 Å². The summed E-state index contributed by atoms with van der Waals surface area (Å²) >= 11 is 0. The number of amides is 1. The molecule has 6 heteroatoms. The van der Waals surface area contributed by atoms with Crippen molar-refractivity contribution in [2.75, 3.05) is 0 Å². The number of carbonyl (C=O) groups is 1. The van der Waals surface area contributed by atoms with Crippen LogP contribution in [0.2, 0.25) is 0 Å². The molecule has 3 atom stereocenters. The van der Waals surface area contributed by atoms with Crippen LogP contribution in [0.15, 0.2) is 23.3 Å². The van der Waals surface area contributed by atoms with Crippen LogP contribution in [-0.4, -0.2) is 33.5 Å². The number of alkyl carbamates (subject to hydrolysis) is 1. The number of pyridine rings is 1. The number of rotatable bonds is 2. The molecule has 2 rings (SSSR count). The Kier molecular flexibility index (Phi) is 5.14.